The van der Waals surface area contributed by atoms with Crippen LogP contribution in [0.3, 0.4) is 0 Å². The topological polar surface area (TPSA) is 17.1 Å². The van der Waals surface area contributed by atoms with Gasteiger partial charge in [-0.15, -0.1) is 0 Å². The second kappa shape index (κ2) is 2.44. The maximum absolute atomic E-state index is 11.9. The lowest BCUT2D eigenvalue weighted by atomic mass is 9.72. The van der Waals surface area contributed by atoms with E-state index in [1.54, 1.807) is 0 Å². The smallest absolute Gasteiger partial charge is 0.147 e. The van der Waals surface area contributed by atoms with E-state index in [2.05, 4.69) is 24.3 Å². The van der Waals surface area contributed by atoms with Crippen LogP contribution in [0.4, 0.5) is 0 Å². The van der Waals surface area contributed by atoms with Gasteiger partial charge in [-0.1, -0.05) is 36.5 Å². The van der Waals surface area contributed by atoms with Crippen molar-refractivity contribution in [3.63, 3.8) is 0 Å². The molecule has 0 saturated heterocycles. The van der Waals surface area contributed by atoms with E-state index < -0.39 is 0 Å². The number of carbonyl (C=O) groups excluding carboxylic acids is 1. The van der Waals surface area contributed by atoms with Crippen molar-refractivity contribution < 1.29 is 4.79 Å². The molecule has 1 nitrogen and oxygen atoms in total. The maximum atomic E-state index is 11.9. The van der Waals surface area contributed by atoms with E-state index in [0.717, 1.165) is 0 Å². The Morgan fingerprint density at radius 1 is 0.923 bits per heavy atom. The number of carbonyl (C=O) groups is 1. The van der Waals surface area contributed by atoms with E-state index in [9.17, 15) is 4.79 Å². The zero-order valence-corrected chi connectivity index (χ0v) is 7.39. The predicted octanol–water partition coefficient (Wildman–Crippen LogP) is 2.12. The van der Waals surface area contributed by atoms with E-state index in [1.165, 1.54) is 6.42 Å². The third-order valence-corrected chi connectivity index (χ3v) is 3.48. The van der Waals surface area contributed by atoms with Crippen LogP contribution in [-0.4, -0.2) is 5.78 Å². The minimum Gasteiger partial charge on any atom is -0.298 e. The predicted molar refractivity (Wildman–Crippen MR) is 51.0 cm³/mol. The second-order valence-corrected chi connectivity index (χ2v) is 4.17. The summed E-state index contributed by atoms with van der Waals surface area (Å²) in [5.74, 6) is 1.73. The van der Waals surface area contributed by atoms with Gasteiger partial charge in [0.05, 0.1) is 0 Å². The highest BCUT2D eigenvalue weighted by molar-refractivity contribution is 5.89. The molecule has 1 saturated carbocycles. The number of Topliss-reactive ketones (excluding diaryl/α,β-unsaturated/α-hetero) is 1. The summed E-state index contributed by atoms with van der Waals surface area (Å²) in [5.41, 5.74) is 0. The highest BCUT2D eigenvalue weighted by atomic mass is 16.1. The Balaban J connectivity index is 2.11. The minimum atomic E-state index is 0.162. The van der Waals surface area contributed by atoms with Gasteiger partial charge in [0.2, 0.25) is 0 Å². The fraction of sp³-hybridized carbons (Fsp3) is 0.417. The summed E-state index contributed by atoms with van der Waals surface area (Å²) >= 11 is 0. The van der Waals surface area contributed by atoms with Crippen molar-refractivity contribution in [2.24, 2.45) is 23.7 Å². The summed E-state index contributed by atoms with van der Waals surface area (Å²) < 4.78 is 0. The van der Waals surface area contributed by atoms with E-state index in [1.807, 2.05) is 12.2 Å². The molecule has 3 aliphatic carbocycles. The lowest BCUT2D eigenvalue weighted by molar-refractivity contribution is -0.127. The molecule has 3 aliphatic rings. The van der Waals surface area contributed by atoms with Gasteiger partial charge in [0.15, 0.2) is 0 Å². The van der Waals surface area contributed by atoms with Crippen molar-refractivity contribution in [2.45, 2.75) is 6.42 Å². The molecule has 0 spiro atoms. The third-order valence-electron chi connectivity index (χ3n) is 3.48. The van der Waals surface area contributed by atoms with Gasteiger partial charge in [0.25, 0.3) is 0 Å². The Kier molecular flexibility index (Phi) is 1.37. The lowest BCUT2D eigenvalue weighted by Gasteiger charge is -2.30. The molecule has 0 heterocycles. The van der Waals surface area contributed by atoms with Crippen LogP contribution in [0, 0.1) is 23.7 Å². The van der Waals surface area contributed by atoms with Gasteiger partial charge in [0, 0.05) is 11.8 Å². The van der Waals surface area contributed by atoms with Crippen molar-refractivity contribution in [3.05, 3.63) is 36.5 Å². The summed E-state index contributed by atoms with van der Waals surface area (Å²) in [7, 11) is 0. The molecule has 0 N–H and O–H groups in total. The molecule has 0 aromatic heterocycles. The van der Waals surface area contributed by atoms with Crippen LogP contribution < -0.4 is 0 Å². The summed E-state index contributed by atoms with van der Waals surface area (Å²) in [6, 6.07) is 0. The van der Waals surface area contributed by atoms with E-state index in [0.29, 0.717) is 17.6 Å². The zero-order valence-electron chi connectivity index (χ0n) is 7.39. The average molecular weight is 172 g/mol. The van der Waals surface area contributed by atoms with Gasteiger partial charge in [-0.05, 0) is 18.3 Å². The largest absolute Gasteiger partial charge is 0.298 e. The number of hydrogen-bond donors (Lipinski definition) is 0. The molecular weight excluding hydrogens is 160 g/mol. The van der Waals surface area contributed by atoms with Crippen LogP contribution in [0.15, 0.2) is 36.5 Å². The minimum absolute atomic E-state index is 0.162. The van der Waals surface area contributed by atoms with Gasteiger partial charge >= 0.3 is 0 Å². The molecular formula is C12H12O. The van der Waals surface area contributed by atoms with Crippen molar-refractivity contribution in [1.29, 1.82) is 0 Å². The summed E-state index contributed by atoms with van der Waals surface area (Å²) in [6.45, 7) is 0. The van der Waals surface area contributed by atoms with Gasteiger partial charge in [-0.2, -0.15) is 0 Å². The second-order valence-electron chi connectivity index (χ2n) is 4.17. The van der Waals surface area contributed by atoms with E-state index in [4.69, 9.17) is 0 Å². The van der Waals surface area contributed by atoms with Crippen molar-refractivity contribution in [1.82, 2.24) is 0 Å². The summed E-state index contributed by atoms with van der Waals surface area (Å²) in [5, 5.41) is 0. The standard InChI is InChI=1S/C12H12O/c13-12-10-3-1-2-4-11(12)9-6-5-8(10)7-9/h1-6,8-11H,7H2. The molecule has 0 aliphatic heterocycles. The molecule has 13 heavy (non-hydrogen) atoms. The van der Waals surface area contributed by atoms with Gasteiger partial charge in [0.1, 0.15) is 5.78 Å². The Morgan fingerprint density at radius 3 is 2.00 bits per heavy atom. The number of fused-ring (bicyclic) bond motifs is 6. The van der Waals surface area contributed by atoms with E-state index in [-0.39, 0.29) is 11.8 Å². The molecule has 0 aromatic rings. The van der Waals surface area contributed by atoms with Crippen LogP contribution in [0.5, 0.6) is 0 Å². The van der Waals surface area contributed by atoms with Gasteiger partial charge in [-0.25, -0.2) is 0 Å². The maximum Gasteiger partial charge on any atom is 0.147 e. The van der Waals surface area contributed by atoms with Crippen molar-refractivity contribution in [3.8, 4) is 0 Å². The molecule has 0 radical (unpaired) electrons. The van der Waals surface area contributed by atoms with Crippen LogP contribution in [0.1, 0.15) is 6.42 Å². The molecule has 4 unspecified atom stereocenters. The zero-order chi connectivity index (χ0) is 8.84. The van der Waals surface area contributed by atoms with Crippen LogP contribution >= 0.6 is 0 Å². The van der Waals surface area contributed by atoms with Crippen molar-refractivity contribution in [2.75, 3.05) is 0 Å². The van der Waals surface area contributed by atoms with Gasteiger partial charge < -0.3 is 0 Å². The molecule has 4 bridgehead atoms. The quantitative estimate of drug-likeness (QED) is 0.511. The summed E-state index contributed by atoms with van der Waals surface area (Å²) in [4.78, 5) is 11.9. The first-order valence-corrected chi connectivity index (χ1v) is 4.93. The van der Waals surface area contributed by atoms with Crippen LogP contribution in [-0.2, 0) is 4.79 Å². The van der Waals surface area contributed by atoms with Crippen molar-refractivity contribution >= 4 is 5.78 Å². The highest BCUT2D eigenvalue weighted by Crippen LogP contribution is 2.43. The number of allylic oxidation sites excluding steroid dienone is 6. The van der Waals surface area contributed by atoms with E-state index >= 15 is 0 Å². The van der Waals surface area contributed by atoms with Crippen LogP contribution in [0.25, 0.3) is 0 Å². The molecule has 0 aromatic carbocycles. The molecule has 66 valence electrons. The Labute approximate surface area is 77.8 Å². The molecule has 4 atom stereocenters. The monoisotopic (exact) mass is 172 g/mol. The van der Waals surface area contributed by atoms with Gasteiger partial charge in [-0.3, -0.25) is 4.79 Å². The first kappa shape index (κ1) is 7.31. The number of hydrogen-bond acceptors (Lipinski definition) is 1. The first-order valence-electron chi connectivity index (χ1n) is 4.93. The molecule has 3 rings (SSSR count). The first-order chi connectivity index (χ1) is 6.36. The fourth-order valence-electron chi connectivity index (χ4n) is 2.78. The lowest BCUT2D eigenvalue weighted by Crippen LogP contribution is -2.34. The fourth-order valence-corrected chi connectivity index (χ4v) is 2.78. The molecule has 0 amide bonds. The molecule has 1 fully saturated rings. The Bertz CT molecular complexity index is 305. The molecule has 1 heteroatoms. The normalized spacial score (nSPS) is 45.4. The summed E-state index contributed by atoms with van der Waals surface area (Å²) in [6.07, 6.45) is 13.8. The number of ketones is 1. The Hall–Kier alpha value is -1.11. The number of rotatable bonds is 0. The third kappa shape index (κ3) is 0.902. The average Bonchev–Trinajstić information content (AvgIpc) is 2.51. The van der Waals surface area contributed by atoms with Crippen LogP contribution in [0.2, 0.25) is 0 Å². The highest BCUT2D eigenvalue weighted by Gasteiger charge is 2.42. The SMILES string of the molecule is O=C1C2C=CC=CC1C1C=CC2C1. The Morgan fingerprint density at radius 2 is 1.46 bits per heavy atom.